The van der Waals surface area contributed by atoms with E-state index in [-0.39, 0.29) is 10.9 Å². The lowest BCUT2D eigenvalue weighted by Gasteiger charge is -2.34. The quantitative estimate of drug-likeness (QED) is 0.176. The second kappa shape index (κ2) is 14.5. The van der Waals surface area contributed by atoms with Crippen molar-refractivity contribution in [1.82, 2.24) is 19.6 Å². The van der Waals surface area contributed by atoms with Gasteiger partial charge in [-0.1, -0.05) is 29.8 Å². The van der Waals surface area contributed by atoms with Crippen LogP contribution < -0.4 is 20.3 Å². The zero-order valence-electron chi connectivity index (χ0n) is 29.1. The molecule has 0 aliphatic carbocycles. The fraction of sp³-hybridized carbons (Fsp3) is 0.389. The van der Waals surface area contributed by atoms with E-state index < -0.39 is 46.2 Å². The van der Waals surface area contributed by atoms with Gasteiger partial charge in [0.1, 0.15) is 11.6 Å². The highest BCUT2D eigenvalue weighted by Crippen LogP contribution is 2.26. The smallest absolute Gasteiger partial charge is 0.421 e. The molecule has 3 aromatic carbocycles. The Labute approximate surface area is 292 Å². The van der Waals surface area contributed by atoms with Gasteiger partial charge in [-0.25, -0.2) is 22.8 Å². The summed E-state index contributed by atoms with van der Waals surface area (Å²) < 4.78 is 35.6. The van der Waals surface area contributed by atoms with Crippen LogP contribution in [0, 0.1) is 20.8 Å². The summed E-state index contributed by atoms with van der Waals surface area (Å²) in [5.74, 6) is -1.50. The van der Waals surface area contributed by atoms with E-state index in [2.05, 4.69) is 25.2 Å². The first-order valence-electron chi connectivity index (χ1n) is 16.5. The number of rotatable bonds is 10. The molecule has 4 aromatic rings. The number of amides is 1. The number of aryl methyl sites for hydroxylation is 3. The van der Waals surface area contributed by atoms with Gasteiger partial charge in [0.25, 0.3) is 5.91 Å². The fourth-order valence-electron chi connectivity index (χ4n) is 6.22. The molecule has 266 valence electrons. The Hall–Kier alpha value is -4.95. The van der Waals surface area contributed by atoms with Crippen LogP contribution in [0.15, 0.2) is 65.6 Å². The van der Waals surface area contributed by atoms with Crippen LogP contribution in [0.4, 0.5) is 16.4 Å². The number of benzene rings is 3. The molecule has 4 N–H and O–H groups in total. The zero-order valence-corrected chi connectivity index (χ0v) is 29.9. The van der Waals surface area contributed by atoms with Crippen LogP contribution >= 0.6 is 0 Å². The van der Waals surface area contributed by atoms with Crippen molar-refractivity contribution in [1.29, 1.82) is 0 Å². The Bertz CT molecular complexity index is 1990. The molecule has 0 unspecified atom stereocenters. The van der Waals surface area contributed by atoms with Gasteiger partial charge in [0, 0.05) is 36.9 Å². The van der Waals surface area contributed by atoms with Gasteiger partial charge >= 0.3 is 12.1 Å². The van der Waals surface area contributed by atoms with Crippen LogP contribution in [0.1, 0.15) is 60.7 Å². The van der Waals surface area contributed by atoms with E-state index in [0.29, 0.717) is 33.7 Å². The SMILES string of the molecule is Cc1cc(C)c(S(=O)(=O)N[C@@H](CNC(=O)c2ccc(N3CCC(Nc4nc5ccccc5n4C(=O)OC(C)(C)C)CC3)cc2)C(=O)O)c(C)c1. The normalized spacial score (nSPS) is 14.7. The number of anilines is 2. The van der Waals surface area contributed by atoms with Gasteiger partial charge < -0.3 is 25.4 Å². The molecule has 1 fully saturated rings. The monoisotopic (exact) mass is 704 g/mol. The maximum Gasteiger partial charge on any atom is 0.421 e. The van der Waals surface area contributed by atoms with Crippen molar-refractivity contribution in [3.63, 3.8) is 0 Å². The number of aromatic nitrogens is 2. The van der Waals surface area contributed by atoms with Gasteiger partial charge in [0.2, 0.25) is 16.0 Å². The number of imidazole rings is 1. The van der Waals surface area contributed by atoms with E-state index in [1.165, 1.54) is 4.57 Å². The summed E-state index contributed by atoms with van der Waals surface area (Å²) in [6, 6.07) is 16.3. The van der Waals surface area contributed by atoms with Crippen molar-refractivity contribution in [3.8, 4) is 0 Å². The summed E-state index contributed by atoms with van der Waals surface area (Å²) in [5.41, 5.74) is 3.81. The second-order valence-corrected chi connectivity index (χ2v) is 15.3. The van der Waals surface area contributed by atoms with Gasteiger partial charge in [0.05, 0.1) is 15.9 Å². The number of fused-ring (bicyclic) bond motifs is 1. The van der Waals surface area contributed by atoms with Gasteiger partial charge in [-0.15, -0.1) is 0 Å². The molecule has 0 spiro atoms. The summed E-state index contributed by atoms with van der Waals surface area (Å²) in [6.07, 6.45) is 1.05. The Morgan fingerprint density at radius 1 is 0.980 bits per heavy atom. The number of carboxylic acid groups (broad SMARTS) is 1. The van der Waals surface area contributed by atoms with Gasteiger partial charge in [0.15, 0.2) is 0 Å². The Kier molecular flexibility index (Phi) is 10.5. The molecule has 50 heavy (non-hydrogen) atoms. The van der Waals surface area contributed by atoms with Crippen LogP contribution in [-0.4, -0.2) is 78.4 Å². The minimum Gasteiger partial charge on any atom is -0.480 e. The predicted octanol–water partition coefficient (Wildman–Crippen LogP) is 4.99. The van der Waals surface area contributed by atoms with E-state index in [9.17, 15) is 27.9 Å². The number of para-hydroxylation sites is 2. The minimum absolute atomic E-state index is 0.0247. The van der Waals surface area contributed by atoms with Crippen molar-refractivity contribution < 1.29 is 32.6 Å². The molecule has 0 saturated carbocycles. The molecule has 1 saturated heterocycles. The summed E-state index contributed by atoms with van der Waals surface area (Å²) in [5, 5.41) is 15.7. The molecular weight excluding hydrogens is 660 g/mol. The van der Waals surface area contributed by atoms with Gasteiger partial charge in [-0.05, 0) is 102 Å². The molecule has 14 heteroatoms. The third kappa shape index (κ3) is 8.43. The summed E-state index contributed by atoms with van der Waals surface area (Å²) in [6.45, 7) is 11.6. The highest BCUT2D eigenvalue weighted by molar-refractivity contribution is 7.89. The van der Waals surface area contributed by atoms with E-state index in [1.54, 1.807) is 38.1 Å². The Morgan fingerprint density at radius 2 is 1.60 bits per heavy atom. The molecule has 13 nitrogen and oxygen atoms in total. The third-order valence-electron chi connectivity index (χ3n) is 8.40. The molecular formula is C36H44N6O7S. The summed E-state index contributed by atoms with van der Waals surface area (Å²) in [4.78, 5) is 44.9. The topological polar surface area (TPSA) is 172 Å². The van der Waals surface area contributed by atoms with Gasteiger partial charge in [-0.2, -0.15) is 4.72 Å². The molecule has 1 amide bonds. The van der Waals surface area contributed by atoms with E-state index >= 15 is 0 Å². The number of ether oxygens (including phenoxy) is 1. The number of hydrogen-bond acceptors (Lipinski definition) is 9. The lowest BCUT2D eigenvalue weighted by atomic mass is 10.0. The number of piperidine rings is 1. The van der Waals surface area contributed by atoms with Crippen molar-refractivity contribution in [2.45, 2.75) is 77.0 Å². The number of aliphatic carboxylic acids is 1. The zero-order chi connectivity index (χ0) is 36.4. The van der Waals surface area contributed by atoms with E-state index in [0.717, 1.165) is 37.2 Å². The first kappa shape index (κ1) is 36.3. The number of carbonyl (C=O) groups excluding carboxylic acids is 2. The lowest BCUT2D eigenvalue weighted by molar-refractivity contribution is -0.138. The van der Waals surface area contributed by atoms with Crippen molar-refractivity contribution in [2.75, 3.05) is 29.9 Å². The predicted molar refractivity (Wildman–Crippen MR) is 191 cm³/mol. The molecule has 1 atom stereocenters. The highest BCUT2D eigenvalue weighted by Gasteiger charge is 2.29. The number of carboxylic acids is 1. The number of nitrogens with zero attached hydrogens (tertiary/aromatic N) is 3. The summed E-state index contributed by atoms with van der Waals surface area (Å²) >= 11 is 0. The van der Waals surface area contributed by atoms with Crippen LogP contribution in [0.25, 0.3) is 11.0 Å². The highest BCUT2D eigenvalue weighted by atomic mass is 32.2. The van der Waals surface area contributed by atoms with Gasteiger partial charge in [-0.3, -0.25) is 9.59 Å². The third-order valence-corrected chi connectivity index (χ3v) is 10.2. The number of carbonyl (C=O) groups is 3. The Morgan fingerprint density at radius 3 is 2.20 bits per heavy atom. The average molecular weight is 705 g/mol. The first-order valence-corrected chi connectivity index (χ1v) is 17.9. The van der Waals surface area contributed by atoms with Crippen molar-refractivity contribution in [2.24, 2.45) is 0 Å². The maximum atomic E-state index is 13.1. The largest absolute Gasteiger partial charge is 0.480 e. The molecule has 1 aliphatic heterocycles. The molecule has 1 aromatic heterocycles. The van der Waals surface area contributed by atoms with Crippen LogP contribution in [-0.2, 0) is 19.6 Å². The van der Waals surface area contributed by atoms with Crippen molar-refractivity contribution >= 4 is 50.7 Å². The lowest BCUT2D eigenvalue weighted by Crippen LogP contribution is -2.48. The van der Waals surface area contributed by atoms with Crippen LogP contribution in [0.5, 0.6) is 0 Å². The minimum atomic E-state index is -4.17. The van der Waals surface area contributed by atoms with E-state index in [4.69, 9.17) is 4.74 Å². The maximum absolute atomic E-state index is 13.1. The van der Waals surface area contributed by atoms with E-state index in [1.807, 2.05) is 64.1 Å². The fourth-order valence-corrected chi connectivity index (χ4v) is 7.86. The second-order valence-electron chi connectivity index (χ2n) is 13.6. The number of nitrogens with one attached hydrogen (secondary N) is 3. The standard InChI is InChI=1S/C36H44N6O7S/c1-22-19-23(2)31(24(3)20-22)50(47,48)40-29(33(44)45)21-37-32(43)25-11-13-27(14-12-25)41-17-15-26(16-18-41)38-34-39-28-9-7-8-10-30(28)42(34)35(46)49-36(4,5)6/h7-14,19-20,26,29,40H,15-18,21H2,1-6H3,(H,37,43)(H,38,39)(H,44,45)/t29-/m0/s1. The van der Waals surface area contributed by atoms with Crippen LogP contribution in [0.3, 0.4) is 0 Å². The molecule has 1 aliphatic rings. The first-order chi connectivity index (χ1) is 23.5. The van der Waals surface area contributed by atoms with Crippen molar-refractivity contribution in [3.05, 3.63) is 82.9 Å². The van der Waals surface area contributed by atoms with Crippen LogP contribution in [0.2, 0.25) is 0 Å². The Balaban J connectivity index is 1.17. The molecule has 0 bridgehead atoms. The number of sulfonamides is 1. The molecule has 5 rings (SSSR count). The molecule has 0 radical (unpaired) electrons. The average Bonchev–Trinajstić information content (AvgIpc) is 3.39. The molecule has 2 heterocycles. The summed E-state index contributed by atoms with van der Waals surface area (Å²) in [7, 11) is -4.17. The number of hydrogen-bond donors (Lipinski definition) is 4.